The Labute approximate surface area is 162 Å². The van der Waals surface area contributed by atoms with Crippen LogP contribution in [-0.2, 0) is 16.1 Å². The van der Waals surface area contributed by atoms with Gasteiger partial charge < -0.3 is 9.64 Å². The molecule has 0 amide bonds. The van der Waals surface area contributed by atoms with E-state index in [2.05, 4.69) is 21.4 Å². The van der Waals surface area contributed by atoms with Crippen molar-refractivity contribution < 1.29 is 9.53 Å². The number of nitrogens with zero attached hydrogens (tertiary/aromatic N) is 5. The van der Waals surface area contributed by atoms with E-state index < -0.39 is 0 Å². The number of carbonyl (C=O) groups excluding carboxylic acids is 1. The molecule has 0 aliphatic heterocycles. The molecule has 0 fully saturated rings. The van der Waals surface area contributed by atoms with Crippen molar-refractivity contribution in [3.63, 3.8) is 0 Å². The number of esters is 1. The summed E-state index contributed by atoms with van der Waals surface area (Å²) < 4.78 is 6.90. The van der Waals surface area contributed by atoms with Crippen LogP contribution in [0.3, 0.4) is 0 Å². The number of hydrogen-bond donors (Lipinski definition) is 0. The van der Waals surface area contributed by atoms with E-state index in [9.17, 15) is 4.79 Å². The zero-order valence-electron chi connectivity index (χ0n) is 16.0. The quantitative estimate of drug-likeness (QED) is 0.582. The maximum Gasteiger partial charge on any atom is 0.327 e. The maximum atomic E-state index is 12.1. The Hall–Kier alpha value is -2.58. The van der Waals surface area contributed by atoms with E-state index in [1.54, 1.807) is 4.68 Å². The number of aryl methyl sites for hydroxylation is 2. The summed E-state index contributed by atoms with van der Waals surface area (Å²) >= 11 is 1.48. The van der Waals surface area contributed by atoms with Gasteiger partial charge in [-0.1, -0.05) is 35.1 Å². The van der Waals surface area contributed by atoms with Crippen LogP contribution in [0.5, 0.6) is 0 Å². The summed E-state index contributed by atoms with van der Waals surface area (Å²) in [5, 5.41) is 14.6. The molecule has 3 rings (SSSR count). The molecule has 0 atom stereocenters. The summed E-state index contributed by atoms with van der Waals surface area (Å²) in [6.45, 7) is 5.03. The number of benzene rings is 1. The van der Waals surface area contributed by atoms with Crippen molar-refractivity contribution >= 4 is 17.3 Å². The van der Waals surface area contributed by atoms with Gasteiger partial charge in [0, 0.05) is 12.1 Å². The summed E-state index contributed by atoms with van der Waals surface area (Å²) in [6.07, 6.45) is 0. The van der Waals surface area contributed by atoms with E-state index >= 15 is 0 Å². The van der Waals surface area contributed by atoms with Gasteiger partial charge in [0.05, 0.1) is 11.4 Å². The summed E-state index contributed by atoms with van der Waals surface area (Å²) in [6, 6.07) is 10.1. The predicted molar refractivity (Wildman–Crippen MR) is 106 cm³/mol. The molecular weight excluding hydrogens is 362 g/mol. The van der Waals surface area contributed by atoms with Gasteiger partial charge in [-0.25, -0.2) is 0 Å². The average Bonchev–Trinajstić information content (AvgIpc) is 3.21. The first-order valence-electron chi connectivity index (χ1n) is 8.68. The topological polar surface area (TPSA) is 73.1 Å². The van der Waals surface area contributed by atoms with Crippen LogP contribution in [0.15, 0.2) is 30.3 Å². The molecule has 3 aromatic rings. The van der Waals surface area contributed by atoms with Crippen LogP contribution < -0.4 is 0 Å². The normalized spacial score (nSPS) is 11.1. The van der Waals surface area contributed by atoms with Crippen molar-refractivity contribution in [3.05, 3.63) is 41.6 Å². The van der Waals surface area contributed by atoms with Crippen molar-refractivity contribution in [2.45, 2.75) is 20.4 Å². The third kappa shape index (κ3) is 4.99. The van der Waals surface area contributed by atoms with E-state index in [1.165, 1.54) is 16.9 Å². The third-order valence-corrected chi connectivity index (χ3v) is 4.89. The Kier molecular flexibility index (Phi) is 5.98. The fourth-order valence-corrected chi connectivity index (χ4v) is 3.43. The standard InChI is InChI=1S/C19H23N5O2S/c1-13-6-5-7-15(10-13)18-20-21-19(27-18)16-11-14(2)22-24(16)12-17(25)26-9-8-23(3)4/h5-7,10-11H,8-9,12H2,1-4H3. The lowest BCUT2D eigenvalue weighted by Crippen LogP contribution is -2.22. The first-order chi connectivity index (χ1) is 12.9. The van der Waals surface area contributed by atoms with E-state index in [4.69, 9.17) is 4.74 Å². The first kappa shape index (κ1) is 19.2. The predicted octanol–water partition coefficient (Wildman–Crippen LogP) is 2.79. The molecule has 0 aliphatic rings. The fourth-order valence-electron chi connectivity index (χ4n) is 2.57. The Morgan fingerprint density at radius 2 is 1.96 bits per heavy atom. The third-order valence-electron chi connectivity index (χ3n) is 3.89. The van der Waals surface area contributed by atoms with Gasteiger partial charge in [-0.3, -0.25) is 9.48 Å². The highest BCUT2D eigenvalue weighted by Crippen LogP contribution is 2.30. The SMILES string of the molecule is Cc1cccc(-c2nnc(-c3cc(C)nn3CC(=O)OCCN(C)C)s2)c1. The van der Waals surface area contributed by atoms with Crippen LogP contribution in [0.4, 0.5) is 0 Å². The molecule has 0 radical (unpaired) electrons. The minimum absolute atomic E-state index is 0.0515. The largest absolute Gasteiger partial charge is 0.463 e. The Balaban J connectivity index is 1.77. The van der Waals surface area contributed by atoms with Crippen LogP contribution in [0, 0.1) is 13.8 Å². The van der Waals surface area contributed by atoms with Crippen molar-refractivity contribution in [2.24, 2.45) is 0 Å². The molecule has 2 aromatic heterocycles. The fraction of sp³-hybridized carbons (Fsp3) is 0.368. The zero-order valence-corrected chi connectivity index (χ0v) is 16.8. The molecule has 8 heteroatoms. The minimum Gasteiger partial charge on any atom is -0.463 e. The molecule has 0 spiro atoms. The molecule has 0 N–H and O–H groups in total. The Bertz CT molecular complexity index is 932. The van der Waals surface area contributed by atoms with E-state index in [-0.39, 0.29) is 12.5 Å². The monoisotopic (exact) mass is 385 g/mol. The van der Waals surface area contributed by atoms with Gasteiger partial charge in [0.1, 0.15) is 18.2 Å². The number of hydrogen-bond acceptors (Lipinski definition) is 7. The highest BCUT2D eigenvalue weighted by Gasteiger charge is 2.17. The van der Waals surface area contributed by atoms with Gasteiger partial charge in [0.15, 0.2) is 5.01 Å². The summed E-state index contributed by atoms with van der Waals surface area (Å²) in [7, 11) is 3.87. The van der Waals surface area contributed by atoms with Crippen LogP contribution in [0.25, 0.3) is 21.3 Å². The van der Waals surface area contributed by atoms with Gasteiger partial charge in [0.25, 0.3) is 0 Å². The van der Waals surface area contributed by atoms with Crippen molar-refractivity contribution in [2.75, 3.05) is 27.2 Å². The van der Waals surface area contributed by atoms with Crippen LogP contribution in [0.2, 0.25) is 0 Å². The molecule has 0 unspecified atom stereocenters. The molecule has 0 saturated heterocycles. The second-order valence-electron chi connectivity index (χ2n) is 6.63. The van der Waals surface area contributed by atoms with Gasteiger partial charge >= 0.3 is 5.97 Å². The Morgan fingerprint density at radius 3 is 2.70 bits per heavy atom. The second kappa shape index (κ2) is 8.41. The molecule has 27 heavy (non-hydrogen) atoms. The van der Waals surface area contributed by atoms with E-state index in [0.717, 1.165) is 27.0 Å². The molecule has 142 valence electrons. The number of aromatic nitrogens is 4. The van der Waals surface area contributed by atoms with Crippen molar-refractivity contribution in [3.8, 4) is 21.3 Å². The highest BCUT2D eigenvalue weighted by atomic mass is 32.1. The number of likely N-dealkylation sites (N-methyl/N-ethyl adjacent to an activating group) is 1. The van der Waals surface area contributed by atoms with Gasteiger partial charge in [-0.15, -0.1) is 10.2 Å². The van der Waals surface area contributed by atoms with Gasteiger partial charge in [-0.2, -0.15) is 5.10 Å². The molecule has 0 aliphatic carbocycles. The lowest BCUT2D eigenvalue weighted by Gasteiger charge is -2.10. The molecular formula is C19H23N5O2S. The highest BCUT2D eigenvalue weighted by molar-refractivity contribution is 7.17. The molecule has 7 nitrogen and oxygen atoms in total. The maximum absolute atomic E-state index is 12.1. The molecule has 2 heterocycles. The number of rotatable bonds is 7. The average molecular weight is 385 g/mol. The number of ether oxygens (including phenoxy) is 1. The summed E-state index contributed by atoms with van der Waals surface area (Å²) in [5.41, 5.74) is 3.79. The smallest absolute Gasteiger partial charge is 0.327 e. The van der Waals surface area contributed by atoms with Crippen LogP contribution in [0.1, 0.15) is 11.3 Å². The van der Waals surface area contributed by atoms with Crippen LogP contribution >= 0.6 is 11.3 Å². The number of carbonyl (C=O) groups is 1. The molecule has 1 aromatic carbocycles. The molecule has 0 saturated carbocycles. The van der Waals surface area contributed by atoms with Crippen molar-refractivity contribution in [1.82, 2.24) is 24.9 Å². The Morgan fingerprint density at radius 1 is 1.19 bits per heavy atom. The van der Waals surface area contributed by atoms with Crippen molar-refractivity contribution in [1.29, 1.82) is 0 Å². The van der Waals surface area contributed by atoms with Gasteiger partial charge in [0.2, 0.25) is 0 Å². The zero-order chi connectivity index (χ0) is 19.4. The van der Waals surface area contributed by atoms with Gasteiger partial charge in [-0.05, 0) is 40.1 Å². The summed E-state index contributed by atoms with van der Waals surface area (Å²) in [4.78, 5) is 14.1. The summed E-state index contributed by atoms with van der Waals surface area (Å²) in [5.74, 6) is -0.315. The second-order valence-corrected chi connectivity index (χ2v) is 7.61. The lowest BCUT2D eigenvalue weighted by molar-refractivity contribution is -0.144. The molecule has 0 bridgehead atoms. The first-order valence-corrected chi connectivity index (χ1v) is 9.50. The minimum atomic E-state index is -0.315. The van der Waals surface area contributed by atoms with Crippen LogP contribution in [-0.4, -0.2) is 58.1 Å². The van der Waals surface area contributed by atoms with E-state index in [1.807, 2.05) is 57.1 Å². The van der Waals surface area contributed by atoms with E-state index in [0.29, 0.717) is 13.2 Å². The lowest BCUT2D eigenvalue weighted by atomic mass is 10.1.